The molecule has 0 saturated carbocycles. The zero-order chi connectivity index (χ0) is 14.9. The van der Waals surface area contributed by atoms with E-state index < -0.39 is 0 Å². The molecule has 1 aromatic heterocycles. The number of benzene rings is 1. The van der Waals surface area contributed by atoms with E-state index in [1.54, 1.807) is 0 Å². The van der Waals surface area contributed by atoms with Crippen molar-refractivity contribution >= 4 is 6.08 Å². The molecule has 3 nitrogen and oxygen atoms in total. The van der Waals surface area contributed by atoms with Crippen LogP contribution in [0.1, 0.15) is 37.4 Å². The van der Waals surface area contributed by atoms with Crippen molar-refractivity contribution < 1.29 is 9.15 Å². The van der Waals surface area contributed by atoms with E-state index in [0.29, 0.717) is 6.61 Å². The molecule has 2 aromatic rings. The van der Waals surface area contributed by atoms with Gasteiger partial charge in [0, 0.05) is 5.56 Å². The molecule has 1 heterocycles. The van der Waals surface area contributed by atoms with E-state index >= 15 is 0 Å². The fourth-order valence-electron chi connectivity index (χ4n) is 2.06. The molecule has 0 aliphatic rings. The molecule has 0 fully saturated rings. The highest BCUT2D eigenvalue weighted by atomic mass is 16.5. The Morgan fingerprint density at radius 2 is 1.95 bits per heavy atom. The number of ether oxygens (including phenoxy) is 1. The van der Waals surface area contributed by atoms with E-state index in [-0.39, 0.29) is 0 Å². The lowest BCUT2D eigenvalue weighted by molar-refractivity contribution is 0.264. The van der Waals surface area contributed by atoms with Crippen LogP contribution in [0.25, 0.3) is 6.08 Å². The Hall–Kier alpha value is -2.00. The van der Waals surface area contributed by atoms with Crippen molar-refractivity contribution in [2.45, 2.75) is 33.4 Å². The second-order valence-electron chi connectivity index (χ2n) is 4.87. The van der Waals surface area contributed by atoms with E-state index in [1.165, 1.54) is 0 Å². The molecule has 0 radical (unpaired) electrons. The molecule has 21 heavy (non-hydrogen) atoms. The zero-order valence-electron chi connectivity index (χ0n) is 12.8. The SMILES string of the molecule is CC=Cc1ccccc1OCc1ccc(CNCCC)o1. The molecule has 1 N–H and O–H groups in total. The maximum atomic E-state index is 5.85. The smallest absolute Gasteiger partial charge is 0.146 e. The van der Waals surface area contributed by atoms with Gasteiger partial charge in [-0.25, -0.2) is 0 Å². The molecule has 2 rings (SSSR count). The fraction of sp³-hybridized carbons (Fsp3) is 0.333. The first-order valence-electron chi connectivity index (χ1n) is 7.46. The number of furan rings is 1. The summed E-state index contributed by atoms with van der Waals surface area (Å²) < 4.78 is 11.6. The third-order valence-electron chi connectivity index (χ3n) is 3.08. The van der Waals surface area contributed by atoms with Crippen LogP contribution in [0.2, 0.25) is 0 Å². The Bertz CT molecular complexity index is 572. The molecular weight excluding hydrogens is 262 g/mol. The highest BCUT2D eigenvalue weighted by Crippen LogP contribution is 2.21. The van der Waals surface area contributed by atoms with Gasteiger partial charge in [0.25, 0.3) is 0 Å². The van der Waals surface area contributed by atoms with Gasteiger partial charge < -0.3 is 14.5 Å². The Labute approximate surface area is 126 Å². The normalized spacial score (nSPS) is 11.1. The summed E-state index contributed by atoms with van der Waals surface area (Å²) in [5.74, 6) is 2.67. The van der Waals surface area contributed by atoms with Crippen LogP contribution in [-0.4, -0.2) is 6.54 Å². The van der Waals surface area contributed by atoms with Crippen LogP contribution in [-0.2, 0) is 13.2 Å². The molecular formula is C18H23NO2. The third-order valence-corrected chi connectivity index (χ3v) is 3.08. The molecule has 0 amide bonds. The Kier molecular flexibility index (Phi) is 6.10. The van der Waals surface area contributed by atoms with Crippen LogP contribution in [0, 0.1) is 0 Å². The number of allylic oxidation sites excluding steroid dienone is 1. The molecule has 112 valence electrons. The minimum Gasteiger partial charge on any atom is -0.485 e. The van der Waals surface area contributed by atoms with Crippen molar-refractivity contribution in [2.24, 2.45) is 0 Å². The fourth-order valence-corrected chi connectivity index (χ4v) is 2.06. The average molecular weight is 285 g/mol. The van der Waals surface area contributed by atoms with Gasteiger partial charge in [-0.3, -0.25) is 0 Å². The van der Waals surface area contributed by atoms with Crippen LogP contribution >= 0.6 is 0 Å². The van der Waals surface area contributed by atoms with Gasteiger partial charge in [0.1, 0.15) is 23.9 Å². The highest BCUT2D eigenvalue weighted by molar-refractivity contribution is 5.56. The standard InChI is InChI=1S/C18H23NO2/c1-3-7-15-8-5-6-9-18(15)20-14-17-11-10-16(21-17)13-19-12-4-2/h3,5-11,19H,4,12-14H2,1-2H3. The lowest BCUT2D eigenvalue weighted by Gasteiger charge is -2.07. The van der Waals surface area contributed by atoms with E-state index in [4.69, 9.17) is 9.15 Å². The van der Waals surface area contributed by atoms with Gasteiger partial charge in [-0.15, -0.1) is 0 Å². The summed E-state index contributed by atoms with van der Waals surface area (Å²) in [6.07, 6.45) is 5.17. The Balaban J connectivity index is 1.91. The monoisotopic (exact) mass is 285 g/mol. The average Bonchev–Trinajstić information content (AvgIpc) is 2.95. The molecule has 0 saturated heterocycles. The van der Waals surface area contributed by atoms with E-state index in [9.17, 15) is 0 Å². The quantitative estimate of drug-likeness (QED) is 0.730. The topological polar surface area (TPSA) is 34.4 Å². The summed E-state index contributed by atoms with van der Waals surface area (Å²) in [5.41, 5.74) is 1.08. The van der Waals surface area contributed by atoms with E-state index in [2.05, 4.69) is 12.2 Å². The molecule has 1 aromatic carbocycles. The van der Waals surface area contributed by atoms with Gasteiger partial charge in [0.2, 0.25) is 0 Å². The van der Waals surface area contributed by atoms with Gasteiger partial charge in [-0.05, 0) is 38.1 Å². The molecule has 0 unspecified atom stereocenters. The summed E-state index contributed by atoms with van der Waals surface area (Å²) in [6.45, 7) is 6.37. The van der Waals surface area contributed by atoms with Crippen molar-refractivity contribution in [3.63, 3.8) is 0 Å². The molecule has 0 spiro atoms. The predicted molar refractivity (Wildman–Crippen MR) is 86.2 cm³/mol. The molecule has 0 bridgehead atoms. The van der Waals surface area contributed by atoms with Crippen LogP contribution in [0.3, 0.4) is 0 Å². The number of para-hydroxylation sites is 1. The highest BCUT2D eigenvalue weighted by Gasteiger charge is 2.04. The second kappa shape index (κ2) is 8.32. The molecule has 0 aliphatic heterocycles. The van der Waals surface area contributed by atoms with Gasteiger partial charge in [-0.1, -0.05) is 37.3 Å². The summed E-state index contributed by atoms with van der Waals surface area (Å²) >= 11 is 0. The maximum Gasteiger partial charge on any atom is 0.146 e. The van der Waals surface area contributed by atoms with Crippen LogP contribution in [0.5, 0.6) is 5.75 Å². The largest absolute Gasteiger partial charge is 0.485 e. The lowest BCUT2D eigenvalue weighted by atomic mass is 10.2. The van der Waals surface area contributed by atoms with Crippen LogP contribution < -0.4 is 10.1 Å². The first-order valence-corrected chi connectivity index (χ1v) is 7.46. The minimum atomic E-state index is 0.447. The number of nitrogens with one attached hydrogen (secondary N) is 1. The van der Waals surface area contributed by atoms with Crippen LogP contribution in [0.4, 0.5) is 0 Å². The third kappa shape index (κ3) is 4.80. The minimum absolute atomic E-state index is 0.447. The summed E-state index contributed by atoms with van der Waals surface area (Å²) in [7, 11) is 0. The second-order valence-corrected chi connectivity index (χ2v) is 4.87. The Morgan fingerprint density at radius 1 is 1.14 bits per heavy atom. The lowest BCUT2D eigenvalue weighted by Crippen LogP contribution is -2.13. The van der Waals surface area contributed by atoms with Crippen molar-refractivity contribution in [2.75, 3.05) is 6.54 Å². The summed E-state index contributed by atoms with van der Waals surface area (Å²) in [5, 5.41) is 3.32. The zero-order valence-corrected chi connectivity index (χ0v) is 12.8. The van der Waals surface area contributed by atoms with Crippen molar-refractivity contribution in [3.05, 3.63) is 59.6 Å². The first-order chi connectivity index (χ1) is 10.3. The Morgan fingerprint density at radius 3 is 2.76 bits per heavy atom. The predicted octanol–water partition coefficient (Wildman–Crippen LogP) is 4.39. The van der Waals surface area contributed by atoms with E-state index in [1.807, 2.05) is 55.5 Å². The van der Waals surface area contributed by atoms with E-state index in [0.717, 1.165) is 42.3 Å². The summed E-state index contributed by atoms with van der Waals surface area (Å²) in [6, 6.07) is 12.0. The molecule has 0 aliphatic carbocycles. The van der Waals surface area contributed by atoms with Crippen molar-refractivity contribution in [1.82, 2.24) is 5.32 Å². The van der Waals surface area contributed by atoms with Gasteiger partial charge in [0.05, 0.1) is 6.54 Å². The van der Waals surface area contributed by atoms with Gasteiger partial charge in [0.15, 0.2) is 0 Å². The number of hydrogen-bond acceptors (Lipinski definition) is 3. The van der Waals surface area contributed by atoms with Gasteiger partial charge in [-0.2, -0.15) is 0 Å². The summed E-state index contributed by atoms with van der Waals surface area (Å²) in [4.78, 5) is 0. The number of hydrogen-bond donors (Lipinski definition) is 1. The van der Waals surface area contributed by atoms with Gasteiger partial charge >= 0.3 is 0 Å². The van der Waals surface area contributed by atoms with Crippen LogP contribution in [0.15, 0.2) is 46.9 Å². The van der Waals surface area contributed by atoms with Crippen molar-refractivity contribution in [1.29, 1.82) is 0 Å². The van der Waals surface area contributed by atoms with Crippen molar-refractivity contribution in [3.8, 4) is 5.75 Å². The number of rotatable bonds is 8. The molecule has 0 atom stereocenters. The first kappa shape index (κ1) is 15.4. The maximum absolute atomic E-state index is 5.85. The molecule has 3 heteroatoms.